The number of nitrogens with zero attached hydrogens (tertiary/aromatic N) is 1. The second-order valence-electron chi connectivity index (χ2n) is 2.05. The number of H-pyrrole nitrogens is 1. The molecular formula is C6H9N3. The molecule has 0 aliphatic heterocycles. The standard InChI is InChI=1S/C6H9N3/c1-4-3-8-9-6(4)5(2)7/h3,7H,1-2H3,(H,8,9). The first-order valence-electron chi connectivity index (χ1n) is 2.77. The summed E-state index contributed by atoms with van der Waals surface area (Å²) in [4.78, 5) is 0. The minimum absolute atomic E-state index is 0.532. The zero-order valence-electron chi connectivity index (χ0n) is 5.52. The van der Waals surface area contributed by atoms with Gasteiger partial charge in [0.2, 0.25) is 0 Å². The highest BCUT2D eigenvalue weighted by molar-refractivity contribution is 5.95. The highest BCUT2D eigenvalue weighted by Gasteiger charge is 1.99. The average Bonchev–Trinajstić information content (AvgIpc) is 2.13. The van der Waals surface area contributed by atoms with Crippen LogP contribution in [0.1, 0.15) is 18.2 Å². The molecule has 1 rings (SSSR count). The molecule has 0 aromatic carbocycles. The lowest BCUT2D eigenvalue weighted by Crippen LogP contribution is -1.94. The third-order valence-corrected chi connectivity index (χ3v) is 1.20. The van der Waals surface area contributed by atoms with Crippen LogP contribution in [0.2, 0.25) is 0 Å². The maximum atomic E-state index is 7.22. The summed E-state index contributed by atoms with van der Waals surface area (Å²) in [7, 11) is 0. The van der Waals surface area contributed by atoms with Gasteiger partial charge in [-0.15, -0.1) is 0 Å². The molecule has 1 aromatic rings. The van der Waals surface area contributed by atoms with Crippen LogP contribution in [0.4, 0.5) is 0 Å². The summed E-state index contributed by atoms with van der Waals surface area (Å²) in [5.74, 6) is 0. The molecule has 48 valence electrons. The molecule has 0 aliphatic rings. The van der Waals surface area contributed by atoms with Gasteiger partial charge in [0.25, 0.3) is 0 Å². The van der Waals surface area contributed by atoms with E-state index >= 15 is 0 Å². The van der Waals surface area contributed by atoms with Gasteiger partial charge in [-0.2, -0.15) is 5.10 Å². The van der Waals surface area contributed by atoms with Crippen LogP contribution in [0, 0.1) is 12.3 Å². The first kappa shape index (κ1) is 6.01. The van der Waals surface area contributed by atoms with Gasteiger partial charge in [0, 0.05) is 0 Å². The summed E-state index contributed by atoms with van der Waals surface area (Å²) in [5, 5.41) is 13.7. The van der Waals surface area contributed by atoms with Crippen LogP contribution in [0.3, 0.4) is 0 Å². The zero-order chi connectivity index (χ0) is 6.85. The van der Waals surface area contributed by atoms with Crippen molar-refractivity contribution >= 4 is 5.71 Å². The highest BCUT2D eigenvalue weighted by atomic mass is 15.1. The average molecular weight is 123 g/mol. The molecule has 0 saturated carbocycles. The van der Waals surface area contributed by atoms with Crippen molar-refractivity contribution in [1.82, 2.24) is 10.2 Å². The van der Waals surface area contributed by atoms with Gasteiger partial charge in [-0.3, -0.25) is 5.10 Å². The molecule has 1 heterocycles. The van der Waals surface area contributed by atoms with Gasteiger partial charge >= 0.3 is 0 Å². The van der Waals surface area contributed by atoms with Crippen molar-refractivity contribution in [2.75, 3.05) is 0 Å². The van der Waals surface area contributed by atoms with E-state index in [-0.39, 0.29) is 0 Å². The number of hydrogen-bond acceptors (Lipinski definition) is 2. The summed E-state index contributed by atoms with van der Waals surface area (Å²) in [6.45, 7) is 3.66. The zero-order valence-corrected chi connectivity index (χ0v) is 5.52. The maximum absolute atomic E-state index is 7.22. The van der Waals surface area contributed by atoms with Gasteiger partial charge in [-0.05, 0) is 19.4 Å². The van der Waals surface area contributed by atoms with E-state index < -0.39 is 0 Å². The minimum atomic E-state index is 0.532. The van der Waals surface area contributed by atoms with E-state index in [2.05, 4.69) is 10.2 Å². The number of rotatable bonds is 1. The van der Waals surface area contributed by atoms with Crippen molar-refractivity contribution in [3.05, 3.63) is 17.5 Å². The molecule has 0 atom stereocenters. The predicted molar refractivity (Wildman–Crippen MR) is 35.8 cm³/mol. The van der Waals surface area contributed by atoms with Crippen molar-refractivity contribution in [3.8, 4) is 0 Å². The topological polar surface area (TPSA) is 52.5 Å². The maximum Gasteiger partial charge on any atom is 0.0811 e. The largest absolute Gasteiger partial charge is 0.303 e. The van der Waals surface area contributed by atoms with Crippen LogP contribution in [-0.2, 0) is 0 Å². The molecule has 0 spiro atoms. The smallest absolute Gasteiger partial charge is 0.0811 e. The van der Waals surface area contributed by atoms with Crippen molar-refractivity contribution < 1.29 is 0 Å². The molecule has 0 fully saturated rings. The Morgan fingerprint density at radius 3 is 2.67 bits per heavy atom. The van der Waals surface area contributed by atoms with Crippen molar-refractivity contribution in [2.24, 2.45) is 0 Å². The lowest BCUT2D eigenvalue weighted by molar-refractivity contribution is 1.07. The lowest BCUT2D eigenvalue weighted by Gasteiger charge is -1.90. The highest BCUT2D eigenvalue weighted by Crippen LogP contribution is 2.01. The quantitative estimate of drug-likeness (QED) is 0.540. The Labute approximate surface area is 53.6 Å². The summed E-state index contributed by atoms with van der Waals surface area (Å²) in [5.41, 5.74) is 2.39. The summed E-state index contributed by atoms with van der Waals surface area (Å²) in [6.07, 6.45) is 1.72. The second kappa shape index (κ2) is 2.01. The Morgan fingerprint density at radius 1 is 1.78 bits per heavy atom. The number of aromatic amines is 1. The van der Waals surface area contributed by atoms with E-state index in [1.807, 2.05) is 6.92 Å². The van der Waals surface area contributed by atoms with E-state index in [4.69, 9.17) is 5.41 Å². The number of aryl methyl sites for hydroxylation is 1. The Hall–Kier alpha value is -1.12. The fraction of sp³-hybridized carbons (Fsp3) is 0.333. The summed E-state index contributed by atoms with van der Waals surface area (Å²) < 4.78 is 0. The van der Waals surface area contributed by atoms with E-state index in [0.29, 0.717) is 5.71 Å². The molecule has 1 aromatic heterocycles. The van der Waals surface area contributed by atoms with Gasteiger partial charge < -0.3 is 5.41 Å². The van der Waals surface area contributed by atoms with Crippen molar-refractivity contribution in [3.63, 3.8) is 0 Å². The Balaban J connectivity index is 3.08. The van der Waals surface area contributed by atoms with Crippen molar-refractivity contribution in [2.45, 2.75) is 13.8 Å². The molecule has 9 heavy (non-hydrogen) atoms. The first-order valence-corrected chi connectivity index (χ1v) is 2.77. The van der Waals surface area contributed by atoms with E-state index in [1.54, 1.807) is 13.1 Å². The van der Waals surface area contributed by atoms with E-state index in [1.165, 1.54) is 0 Å². The van der Waals surface area contributed by atoms with Gasteiger partial charge in [-0.25, -0.2) is 0 Å². The molecular weight excluding hydrogens is 114 g/mol. The Bertz CT molecular complexity index is 224. The third-order valence-electron chi connectivity index (χ3n) is 1.20. The number of aromatic nitrogens is 2. The van der Waals surface area contributed by atoms with Gasteiger partial charge in [0.15, 0.2) is 0 Å². The number of nitrogens with one attached hydrogen (secondary N) is 2. The van der Waals surface area contributed by atoms with Crippen molar-refractivity contribution in [1.29, 1.82) is 5.41 Å². The second-order valence-corrected chi connectivity index (χ2v) is 2.05. The van der Waals surface area contributed by atoms with Crippen LogP contribution >= 0.6 is 0 Å². The van der Waals surface area contributed by atoms with Crippen LogP contribution < -0.4 is 0 Å². The van der Waals surface area contributed by atoms with E-state index in [9.17, 15) is 0 Å². The molecule has 2 N–H and O–H groups in total. The fourth-order valence-electron chi connectivity index (χ4n) is 0.726. The lowest BCUT2D eigenvalue weighted by atomic mass is 10.2. The summed E-state index contributed by atoms with van der Waals surface area (Å²) >= 11 is 0. The normalized spacial score (nSPS) is 9.56. The van der Waals surface area contributed by atoms with Crippen LogP contribution in [-0.4, -0.2) is 15.9 Å². The molecule has 0 saturated heterocycles. The molecule has 0 bridgehead atoms. The predicted octanol–water partition coefficient (Wildman–Crippen LogP) is 1.11. The minimum Gasteiger partial charge on any atom is -0.303 e. The Kier molecular flexibility index (Phi) is 1.34. The molecule has 0 unspecified atom stereocenters. The van der Waals surface area contributed by atoms with Crippen LogP contribution in [0.25, 0.3) is 0 Å². The molecule has 3 heteroatoms. The van der Waals surface area contributed by atoms with E-state index in [0.717, 1.165) is 11.3 Å². The Morgan fingerprint density at radius 2 is 2.44 bits per heavy atom. The third kappa shape index (κ3) is 0.988. The molecule has 0 amide bonds. The monoisotopic (exact) mass is 123 g/mol. The first-order chi connectivity index (χ1) is 4.22. The van der Waals surface area contributed by atoms with Crippen LogP contribution in [0.5, 0.6) is 0 Å². The fourth-order valence-corrected chi connectivity index (χ4v) is 0.726. The molecule has 0 radical (unpaired) electrons. The molecule has 3 nitrogen and oxygen atoms in total. The van der Waals surface area contributed by atoms with Crippen LogP contribution in [0.15, 0.2) is 6.20 Å². The van der Waals surface area contributed by atoms with Gasteiger partial charge in [0.05, 0.1) is 17.6 Å². The summed E-state index contributed by atoms with van der Waals surface area (Å²) in [6, 6.07) is 0. The number of hydrogen-bond donors (Lipinski definition) is 2. The SMILES string of the molecule is CC(=N)c1[nH]ncc1C. The van der Waals surface area contributed by atoms with Gasteiger partial charge in [-0.1, -0.05) is 0 Å². The van der Waals surface area contributed by atoms with Gasteiger partial charge in [0.1, 0.15) is 0 Å². The molecule has 0 aliphatic carbocycles.